The van der Waals surface area contributed by atoms with Gasteiger partial charge in [0.2, 0.25) is 11.1 Å². The van der Waals surface area contributed by atoms with Crippen LogP contribution in [-0.4, -0.2) is 90.2 Å². The highest BCUT2D eigenvalue weighted by Gasteiger charge is 2.54. The van der Waals surface area contributed by atoms with Crippen LogP contribution in [0.1, 0.15) is 45.1 Å². The number of rotatable bonds is 11. The first-order valence-corrected chi connectivity index (χ1v) is 15.4. The molecule has 0 saturated carbocycles. The quantitative estimate of drug-likeness (QED) is 0.160. The lowest BCUT2D eigenvalue weighted by Gasteiger charge is -2.49. The van der Waals surface area contributed by atoms with Gasteiger partial charge in [-0.05, 0) is 38.8 Å². The molecule has 2 aromatic rings. The van der Waals surface area contributed by atoms with Gasteiger partial charge in [0.15, 0.2) is 0 Å². The number of H-pyrrole nitrogens is 1. The van der Waals surface area contributed by atoms with Crippen molar-refractivity contribution in [1.29, 1.82) is 0 Å². The molecule has 1 unspecified atom stereocenters. The number of hydrogen-bond donors (Lipinski definition) is 4. The van der Waals surface area contributed by atoms with E-state index in [1.54, 1.807) is 58.0 Å². The molecule has 2 aliphatic heterocycles. The van der Waals surface area contributed by atoms with Crippen LogP contribution in [0.4, 0.5) is 4.79 Å². The number of ether oxygens (including phenoxy) is 2. The Labute approximate surface area is 255 Å². The van der Waals surface area contributed by atoms with Gasteiger partial charge in [0, 0.05) is 11.5 Å². The van der Waals surface area contributed by atoms with Crippen LogP contribution in [-0.2, 0) is 35.1 Å². The number of carboxylic acid groups (broad SMARTS) is 1. The molecule has 0 spiro atoms. The summed E-state index contributed by atoms with van der Waals surface area (Å²) in [5.41, 5.74) is 0.0232. The number of benzene rings is 1. The summed E-state index contributed by atoms with van der Waals surface area (Å²) in [7, 11) is 0. The number of aliphatic carboxylic acids is 1. The summed E-state index contributed by atoms with van der Waals surface area (Å²) in [5, 5.41) is 21.6. The summed E-state index contributed by atoms with van der Waals surface area (Å²) >= 11 is 2.47. The number of alkyl carbamates (subject to hydrolysis) is 1. The fraction of sp³-hybridized carbons (Fsp3) is 0.444. The van der Waals surface area contributed by atoms with E-state index < -0.39 is 52.9 Å². The van der Waals surface area contributed by atoms with E-state index in [4.69, 9.17) is 9.47 Å². The first-order chi connectivity index (χ1) is 20.4. The predicted octanol–water partition coefficient (Wildman–Crippen LogP) is 2.01. The number of carbonyl (C=O) groups is 5. The first kappa shape index (κ1) is 31.9. The van der Waals surface area contributed by atoms with Gasteiger partial charge in [-0.25, -0.2) is 14.6 Å². The van der Waals surface area contributed by atoms with Gasteiger partial charge in [0.1, 0.15) is 41.0 Å². The maximum absolute atomic E-state index is 13.4. The molecule has 16 heteroatoms. The van der Waals surface area contributed by atoms with Crippen molar-refractivity contribution in [3.05, 3.63) is 53.0 Å². The van der Waals surface area contributed by atoms with Crippen molar-refractivity contribution < 1.29 is 38.6 Å². The molecule has 4 N–H and O–H groups in total. The van der Waals surface area contributed by atoms with Gasteiger partial charge in [0.25, 0.3) is 5.91 Å². The number of carbonyl (C=O) groups excluding carboxylic acids is 4. The van der Waals surface area contributed by atoms with Crippen LogP contribution in [0.15, 0.2) is 46.8 Å². The molecule has 0 aliphatic carbocycles. The van der Waals surface area contributed by atoms with E-state index in [0.717, 1.165) is 11.8 Å². The third kappa shape index (κ3) is 7.87. The molecule has 3 atom stereocenters. The molecule has 1 saturated heterocycles. The Hall–Kier alpha value is -4.05. The Morgan fingerprint density at radius 1 is 1.23 bits per heavy atom. The summed E-state index contributed by atoms with van der Waals surface area (Å²) in [6.07, 6.45) is -0.877. The van der Waals surface area contributed by atoms with Crippen molar-refractivity contribution in [2.24, 2.45) is 0 Å². The van der Waals surface area contributed by atoms with Gasteiger partial charge in [0.05, 0.1) is 6.61 Å². The summed E-state index contributed by atoms with van der Waals surface area (Å²) < 4.78 is 10.2. The second-order valence-corrected chi connectivity index (χ2v) is 12.5. The Balaban J connectivity index is 1.43. The largest absolute Gasteiger partial charge is 0.477 e. The molecule has 230 valence electrons. The number of nitrogens with zero attached hydrogens (tertiary/aromatic N) is 3. The van der Waals surface area contributed by atoms with Gasteiger partial charge in [-0.3, -0.25) is 24.4 Å². The lowest BCUT2D eigenvalue weighted by molar-refractivity contribution is -0.151. The monoisotopic (exact) mass is 632 g/mol. The average Bonchev–Trinajstić information content (AvgIpc) is 3.39. The maximum atomic E-state index is 13.4. The van der Waals surface area contributed by atoms with Crippen molar-refractivity contribution in [2.75, 3.05) is 18.1 Å². The van der Waals surface area contributed by atoms with Gasteiger partial charge in [-0.1, -0.05) is 42.1 Å². The number of nitrogens with one attached hydrogen (secondary N) is 3. The maximum Gasteiger partial charge on any atom is 0.408 e. The predicted molar refractivity (Wildman–Crippen MR) is 156 cm³/mol. The lowest BCUT2D eigenvalue weighted by atomic mass is 10.0. The molecular weight excluding hydrogens is 600 g/mol. The average molecular weight is 633 g/mol. The summed E-state index contributed by atoms with van der Waals surface area (Å²) in [6.45, 7) is 7.03. The van der Waals surface area contributed by atoms with Gasteiger partial charge < -0.3 is 25.2 Å². The Morgan fingerprint density at radius 3 is 2.60 bits per heavy atom. The van der Waals surface area contributed by atoms with Crippen LogP contribution in [0.2, 0.25) is 0 Å². The van der Waals surface area contributed by atoms with Crippen molar-refractivity contribution in [1.82, 2.24) is 30.7 Å². The molecular formula is C27H32N6O8S2. The van der Waals surface area contributed by atoms with E-state index in [1.807, 2.05) is 0 Å². The molecule has 2 aliphatic rings. The zero-order valence-corrected chi connectivity index (χ0v) is 25.5. The molecule has 4 rings (SSSR count). The van der Waals surface area contributed by atoms with Crippen molar-refractivity contribution >= 4 is 53.4 Å². The van der Waals surface area contributed by atoms with Crippen LogP contribution in [0, 0.1) is 0 Å². The number of amides is 3. The molecule has 1 aromatic heterocycles. The van der Waals surface area contributed by atoms with Gasteiger partial charge >= 0.3 is 18.0 Å². The third-order valence-corrected chi connectivity index (χ3v) is 8.38. The zero-order chi connectivity index (χ0) is 31.3. The highest BCUT2D eigenvalue weighted by Crippen LogP contribution is 2.41. The minimum absolute atomic E-state index is 0.0736. The molecule has 0 radical (unpaired) electrons. The van der Waals surface area contributed by atoms with E-state index in [-0.39, 0.29) is 30.2 Å². The van der Waals surface area contributed by atoms with Crippen molar-refractivity contribution in [2.45, 2.75) is 62.3 Å². The number of carboxylic acids is 1. The smallest absolute Gasteiger partial charge is 0.408 e. The molecule has 3 heterocycles. The van der Waals surface area contributed by atoms with E-state index >= 15 is 0 Å². The Morgan fingerprint density at radius 2 is 1.95 bits per heavy atom. The van der Waals surface area contributed by atoms with Crippen LogP contribution in [0.25, 0.3) is 0 Å². The highest BCUT2D eigenvalue weighted by molar-refractivity contribution is 8.01. The molecule has 1 aromatic carbocycles. The van der Waals surface area contributed by atoms with Gasteiger partial charge in [-0.15, -0.1) is 16.9 Å². The first-order valence-electron chi connectivity index (χ1n) is 13.3. The second-order valence-electron chi connectivity index (χ2n) is 10.5. The fourth-order valence-corrected chi connectivity index (χ4v) is 6.63. The number of aromatic amines is 1. The SMILES string of the molecule is CCOC(=O)Cc1nc(SCC2=C(C(=O)O)N3C(=O)C(NC(=O)[C@H](NC(=O)OC(C)(C)C)c4ccccc4)[C@H]3SC2)n[nH]1. The van der Waals surface area contributed by atoms with E-state index in [2.05, 4.69) is 25.8 Å². The minimum Gasteiger partial charge on any atom is -0.477 e. The fourth-order valence-electron chi connectivity index (χ4n) is 4.32. The van der Waals surface area contributed by atoms with Crippen molar-refractivity contribution in [3.63, 3.8) is 0 Å². The number of esters is 1. The van der Waals surface area contributed by atoms with Crippen LogP contribution >= 0.6 is 23.5 Å². The molecule has 43 heavy (non-hydrogen) atoms. The number of aromatic nitrogens is 3. The highest BCUT2D eigenvalue weighted by atomic mass is 32.2. The van der Waals surface area contributed by atoms with Crippen LogP contribution in [0.3, 0.4) is 0 Å². The minimum atomic E-state index is -1.27. The Kier molecular flexibility index (Phi) is 10.0. The topological polar surface area (TPSA) is 193 Å². The molecule has 0 bridgehead atoms. The van der Waals surface area contributed by atoms with Crippen LogP contribution < -0.4 is 10.6 Å². The van der Waals surface area contributed by atoms with E-state index in [9.17, 15) is 29.1 Å². The zero-order valence-electron chi connectivity index (χ0n) is 23.9. The normalized spacial score (nSPS) is 18.7. The third-order valence-electron chi connectivity index (χ3n) is 6.11. The number of hydrogen-bond acceptors (Lipinski definition) is 11. The van der Waals surface area contributed by atoms with E-state index in [1.165, 1.54) is 16.7 Å². The summed E-state index contributed by atoms with van der Waals surface area (Å²) in [6, 6.07) is 6.36. The summed E-state index contributed by atoms with van der Waals surface area (Å²) in [4.78, 5) is 68.4. The Bertz CT molecular complexity index is 1420. The number of thioether (sulfide) groups is 2. The number of β-lactam (4-membered cyclic amide) rings is 1. The summed E-state index contributed by atoms with van der Waals surface area (Å²) in [5.74, 6) is -2.15. The van der Waals surface area contributed by atoms with Crippen LogP contribution in [0.5, 0.6) is 0 Å². The van der Waals surface area contributed by atoms with Crippen molar-refractivity contribution in [3.8, 4) is 0 Å². The molecule has 1 fully saturated rings. The molecule has 14 nitrogen and oxygen atoms in total. The molecule has 3 amide bonds. The standard InChI is InChI=1S/C27H32N6O8S2/c1-5-40-17(34)11-16-28-25(32-31-16)43-13-15-12-42-23-19(22(36)33(23)20(15)24(37)38)29-21(35)18(14-9-7-6-8-10-14)30-26(39)41-27(2,3)4/h6-10,18-19,23H,5,11-13H2,1-4H3,(H,29,35)(H,30,39)(H,37,38)(H,28,31,32)/t18-,19?,23-/m1/s1. The number of fused-ring (bicyclic) bond motifs is 1. The van der Waals surface area contributed by atoms with E-state index in [0.29, 0.717) is 22.1 Å². The second kappa shape index (κ2) is 13.5. The lowest BCUT2D eigenvalue weighted by Crippen LogP contribution is -2.71. The van der Waals surface area contributed by atoms with Gasteiger partial charge in [-0.2, -0.15) is 0 Å².